The van der Waals surface area contributed by atoms with Crippen molar-refractivity contribution >= 4 is 15.9 Å². The van der Waals surface area contributed by atoms with Gasteiger partial charge in [-0.15, -0.1) is 0 Å². The molecule has 1 aromatic carbocycles. The predicted molar refractivity (Wildman–Crippen MR) is 93.2 cm³/mol. The zero-order valence-electron chi connectivity index (χ0n) is 14.7. The van der Waals surface area contributed by atoms with Crippen LogP contribution in [-0.2, 0) is 10.0 Å². The third kappa shape index (κ3) is 5.68. The molecular formula is C16H26N2O5S. The maximum absolute atomic E-state index is 12.2. The van der Waals surface area contributed by atoms with Gasteiger partial charge in [0.25, 0.3) is 5.91 Å². The van der Waals surface area contributed by atoms with Gasteiger partial charge in [0.2, 0.25) is 10.0 Å². The number of rotatable bonds is 10. The Morgan fingerprint density at radius 2 is 1.96 bits per heavy atom. The van der Waals surface area contributed by atoms with Gasteiger partial charge in [-0.3, -0.25) is 4.79 Å². The van der Waals surface area contributed by atoms with Gasteiger partial charge in [0, 0.05) is 26.2 Å². The maximum Gasteiger partial charge on any atom is 0.255 e. The first-order valence-electron chi connectivity index (χ1n) is 7.80. The number of carbonyl (C=O) groups is 1. The van der Waals surface area contributed by atoms with Gasteiger partial charge in [0.1, 0.15) is 11.5 Å². The molecule has 0 bridgehead atoms. The lowest BCUT2D eigenvalue weighted by Crippen LogP contribution is -2.36. The average Bonchev–Trinajstić information content (AvgIpc) is 2.58. The van der Waals surface area contributed by atoms with Crippen molar-refractivity contribution in [1.29, 1.82) is 0 Å². The lowest BCUT2D eigenvalue weighted by Gasteiger charge is -2.17. The molecule has 0 aliphatic heterocycles. The van der Waals surface area contributed by atoms with Crippen LogP contribution in [-0.4, -0.2) is 58.7 Å². The SMILES string of the molecule is CCCCN(C)S(=O)(=O)CCNC(=O)c1ccc(OC)cc1OC. The molecule has 0 atom stereocenters. The molecule has 0 aliphatic carbocycles. The summed E-state index contributed by atoms with van der Waals surface area (Å²) in [6, 6.07) is 4.83. The number of nitrogens with zero attached hydrogens (tertiary/aromatic N) is 1. The molecule has 24 heavy (non-hydrogen) atoms. The van der Waals surface area contributed by atoms with Gasteiger partial charge >= 0.3 is 0 Å². The molecule has 0 radical (unpaired) electrons. The van der Waals surface area contributed by atoms with Crippen LogP contribution in [0.4, 0.5) is 0 Å². The molecular weight excluding hydrogens is 332 g/mol. The van der Waals surface area contributed by atoms with Crippen LogP contribution < -0.4 is 14.8 Å². The molecule has 1 rings (SSSR count). The van der Waals surface area contributed by atoms with Gasteiger partial charge in [-0.25, -0.2) is 12.7 Å². The molecule has 0 aromatic heterocycles. The molecule has 0 spiro atoms. The molecule has 0 heterocycles. The van der Waals surface area contributed by atoms with E-state index in [9.17, 15) is 13.2 Å². The van der Waals surface area contributed by atoms with Gasteiger partial charge in [0.15, 0.2) is 0 Å². The topological polar surface area (TPSA) is 84.9 Å². The lowest BCUT2D eigenvalue weighted by molar-refractivity contribution is 0.0953. The smallest absolute Gasteiger partial charge is 0.255 e. The van der Waals surface area contributed by atoms with Gasteiger partial charge in [-0.1, -0.05) is 13.3 Å². The molecule has 0 saturated heterocycles. The molecule has 7 nitrogen and oxygen atoms in total. The van der Waals surface area contributed by atoms with E-state index in [-0.39, 0.29) is 18.2 Å². The van der Waals surface area contributed by atoms with E-state index >= 15 is 0 Å². The number of sulfonamides is 1. The summed E-state index contributed by atoms with van der Waals surface area (Å²) in [5.41, 5.74) is 0.329. The molecule has 1 amide bonds. The second-order valence-corrected chi connectivity index (χ2v) is 7.51. The molecule has 1 aromatic rings. The van der Waals surface area contributed by atoms with Crippen LogP contribution in [0.1, 0.15) is 30.1 Å². The second kappa shape index (κ2) is 9.48. The molecule has 8 heteroatoms. The van der Waals surface area contributed by atoms with E-state index in [2.05, 4.69) is 5.32 Å². The highest BCUT2D eigenvalue weighted by molar-refractivity contribution is 7.89. The van der Waals surface area contributed by atoms with Crippen LogP contribution in [0.5, 0.6) is 11.5 Å². The fourth-order valence-corrected chi connectivity index (χ4v) is 3.13. The first kappa shape index (κ1) is 20.2. The Hall–Kier alpha value is -1.80. The summed E-state index contributed by atoms with van der Waals surface area (Å²) in [4.78, 5) is 12.2. The zero-order chi connectivity index (χ0) is 18.2. The summed E-state index contributed by atoms with van der Waals surface area (Å²) in [6.07, 6.45) is 1.74. The number of carbonyl (C=O) groups excluding carboxylic acids is 1. The predicted octanol–water partition coefficient (Wildman–Crippen LogP) is 1.50. The van der Waals surface area contributed by atoms with Crippen LogP contribution in [0, 0.1) is 0 Å². The highest BCUT2D eigenvalue weighted by atomic mass is 32.2. The first-order chi connectivity index (χ1) is 11.4. The Bertz CT molecular complexity index is 646. The molecule has 1 N–H and O–H groups in total. The largest absolute Gasteiger partial charge is 0.497 e. The standard InChI is InChI=1S/C16H26N2O5S/c1-5-6-10-18(2)24(20,21)11-9-17-16(19)14-8-7-13(22-3)12-15(14)23-4/h7-8,12H,5-6,9-11H2,1-4H3,(H,17,19). The number of methoxy groups -OCH3 is 2. The maximum atomic E-state index is 12.2. The number of hydrogen-bond donors (Lipinski definition) is 1. The van der Waals surface area contributed by atoms with E-state index in [1.165, 1.54) is 18.5 Å². The quantitative estimate of drug-likeness (QED) is 0.685. The van der Waals surface area contributed by atoms with Gasteiger partial charge in [-0.05, 0) is 18.6 Å². The number of benzene rings is 1. The van der Waals surface area contributed by atoms with Crippen LogP contribution in [0.3, 0.4) is 0 Å². The third-order valence-electron chi connectivity index (χ3n) is 3.60. The van der Waals surface area contributed by atoms with Gasteiger partial charge < -0.3 is 14.8 Å². The van der Waals surface area contributed by atoms with Crippen LogP contribution in [0.15, 0.2) is 18.2 Å². The summed E-state index contributed by atoms with van der Waals surface area (Å²) < 4.78 is 35.8. The van der Waals surface area contributed by atoms with E-state index < -0.39 is 10.0 Å². The van der Waals surface area contributed by atoms with Crippen LogP contribution >= 0.6 is 0 Å². The van der Waals surface area contributed by atoms with E-state index in [1.54, 1.807) is 25.2 Å². The minimum atomic E-state index is -3.37. The number of hydrogen-bond acceptors (Lipinski definition) is 5. The Labute approximate surface area is 144 Å². The van der Waals surface area contributed by atoms with Crippen molar-refractivity contribution in [3.05, 3.63) is 23.8 Å². The van der Waals surface area contributed by atoms with Crippen molar-refractivity contribution in [2.75, 3.05) is 40.1 Å². The second-order valence-electron chi connectivity index (χ2n) is 5.31. The number of unbranched alkanes of at least 4 members (excludes halogenated alkanes) is 1. The summed E-state index contributed by atoms with van der Waals surface area (Å²) >= 11 is 0. The zero-order valence-corrected chi connectivity index (χ0v) is 15.5. The normalized spacial score (nSPS) is 11.4. The fraction of sp³-hybridized carbons (Fsp3) is 0.562. The third-order valence-corrected chi connectivity index (χ3v) is 5.45. The van der Waals surface area contributed by atoms with Crippen molar-refractivity contribution in [1.82, 2.24) is 9.62 Å². The molecule has 0 saturated carbocycles. The monoisotopic (exact) mass is 358 g/mol. The minimum absolute atomic E-state index is 0.0345. The molecule has 0 fully saturated rings. The van der Waals surface area contributed by atoms with Crippen LogP contribution in [0.25, 0.3) is 0 Å². The molecule has 0 unspecified atom stereocenters. The van der Waals surface area contributed by atoms with Gasteiger partial charge in [0.05, 0.1) is 25.5 Å². The van der Waals surface area contributed by atoms with Crippen LogP contribution in [0.2, 0.25) is 0 Å². The number of ether oxygens (including phenoxy) is 2. The summed E-state index contributed by atoms with van der Waals surface area (Å²) in [7, 11) is 1.16. The van der Waals surface area contributed by atoms with Crippen molar-refractivity contribution < 1.29 is 22.7 Å². The summed E-state index contributed by atoms with van der Waals surface area (Å²) in [6.45, 7) is 2.52. The van der Waals surface area contributed by atoms with Crippen molar-refractivity contribution in [3.63, 3.8) is 0 Å². The van der Waals surface area contributed by atoms with Crippen molar-refractivity contribution in [2.45, 2.75) is 19.8 Å². The Kier molecular flexibility index (Phi) is 8.00. The van der Waals surface area contributed by atoms with Crippen molar-refractivity contribution in [3.8, 4) is 11.5 Å². The number of amides is 1. The average molecular weight is 358 g/mol. The van der Waals surface area contributed by atoms with E-state index in [0.29, 0.717) is 23.6 Å². The minimum Gasteiger partial charge on any atom is -0.497 e. The fourth-order valence-electron chi connectivity index (χ4n) is 2.05. The molecule has 0 aliphatic rings. The van der Waals surface area contributed by atoms with E-state index in [4.69, 9.17) is 9.47 Å². The first-order valence-corrected chi connectivity index (χ1v) is 9.40. The van der Waals surface area contributed by atoms with Gasteiger partial charge in [-0.2, -0.15) is 0 Å². The summed E-state index contributed by atoms with van der Waals surface area (Å²) in [5, 5.41) is 2.61. The summed E-state index contributed by atoms with van der Waals surface area (Å²) in [5.74, 6) is 0.413. The van der Waals surface area contributed by atoms with E-state index in [1.807, 2.05) is 6.92 Å². The highest BCUT2D eigenvalue weighted by Crippen LogP contribution is 2.24. The Balaban J connectivity index is 2.63. The van der Waals surface area contributed by atoms with Crippen molar-refractivity contribution in [2.24, 2.45) is 0 Å². The highest BCUT2D eigenvalue weighted by Gasteiger charge is 2.18. The Morgan fingerprint density at radius 1 is 1.25 bits per heavy atom. The molecule has 136 valence electrons. The number of nitrogens with one attached hydrogen (secondary N) is 1. The van der Waals surface area contributed by atoms with E-state index in [0.717, 1.165) is 12.8 Å². The lowest BCUT2D eigenvalue weighted by atomic mass is 10.2. The Morgan fingerprint density at radius 3 is 2.54 bits per heavy atom.